The van der Waals surface area contributed by atoms with Crippen LogP contribution >= 0.6 is 0 Å². The Hall–Kier alpha value is -0.960. The zero-order chi connectivity index (χ0) is 11.6. The highest BCUT2D eigenvalue weighted by Gasteiger charge is 2.12. The van der Waals surface area contributed by atoms with E-state index in [-0.39, 0.29) is 5.54 Å². The lowest BCUT2D eigenvalue weighted by atomic mass is 10.1. The Morgan fingerprint density at radius 3 is 2.27 bits per heavy atom. The van der Waals surface area contributed by atoms with Gasteiger partial charge in [0.25, 0.3) is 0 Å². The van der Waals surface area contributed by atoms with Crippen molar-refractivity contribution in [2.45, 2.75) is 39.8 Å². The van der Waals surface area contributed by atoms with Crippen LogP contribution in [0, 0.1) is 18.6 Å². The molecule has 0 saturated carbocycles. The average Bonchev–Trinajstić information content (AvgIpc) is 2.07. The molecule has 0 aromatic heterocycles. The molecule has 1 aromatic carbocycles. The predicted molar refractivity (Wildman–Crippen MR) is 57.7 cm³/mol. The average molecular weight is 213 g/mol. The fourth-order valence-corrected chi connectivity index (χ4v) is 1.21. The van der Waals surface area contributed by atoms with Gasteiger partial charge in [0.2, 0.25) is 0 Å². The Morgan fingerprint density at radius 1 is 1.13 bits per heavy atom. The molecule has 0 saturated heterocycles. The second-order valence-electron chi connectivity index (χ2n) is 4.80. The smallest absolute Gasteiger partial charge is 0.130 e. The first kappa shape index (κ1) is 12.1. The molecule has 0 unspecified atom stereocenters. The van der Waals surface area contributed by atoms with Gasteiger partial charge in [-0.15, -0.1) is 0 Å². The summed E-state index contributed by atoms with van der Waals surface area (Å²) in [5.41, 5.74) is 0.903. The number of rotatable bonds is 2. The van der Waals surface area contributed by atoms with Crippen LogP contribution in [-0.2, 0) is 6.54 Å². The molecule has 0 aliphatic carbocycles. The molecule has 0 fully saturated rings. The van der Waals surface area contributed by atoms with Gasteiger partial charge in [0.1, 0.15) is 11.6 Å². The summed E-state index contributed by atoms with van der Waals surface area (Å²) in [6, 6.07) is 2.48. The van der Waals surface area contributed by atoms with Crippen LogP contribution in [-0.4, -0.2) is 5.54 Å². The standard InChI is InChI=1S/C12H17F2N/c1-8-5-9(7-15-12(2,3)4)11(14)6-10(8)13/h5-6,15H,7H2,1-4H3. The van der Waals surface area contributed by atoms with E-state index >= 15 is 0 Å². The van der Waals surface area contributed by atoms with Gasteiger partial charge in [-0.25, -0.2) is 8.78 Å². The molecule has 1 nitrogen and oxygen atoms in total. The third-order valence-corrected chi connectivity index (χ3v) is 2.14. The molecule has 0 aliphatic heterocycles. The highest BCUT2D eigenvalue weighted by molar-refractivity contribution is 5.25. The van der Waals surface area contributed by atoms with Crippen molar-refractivity contribution in [1.82, 2.24) is 5.32 Å². The van der Waals surface area contributed by atoms with Crippen molar-refractivity contribution in [1.29, 1.82) is 0 Å². The lowest BCUT2D eigenvalue weighted by Gasteiger charge is -2.20. The molecule has 15 heavy (non-hydrogen) atoms. The number of hydrogen-bond donors (Lipinski definition) is 1. The number of hydrogen-bond acceptors (Lipinski definition) is 1. The Bertz CT molecular complexity index is 353. The maximum atomic E-state index is 13.3. The molecule has 0 aliphatic rings. The van der Waals surface area contributed by atoms with Gasteiger partial charge in [0.05, 0.1) is 0 Å². The van der Waals surface area contributed by atoms with E-state index in [1.54, 1.807) is 13.0 Å². The molecule has 1 rings (SSSR count). The second-order valence-corrected chi connectivity index (χ2v) is 4.80. The summed E-state index contributed by atoms with van der Waals surface area (Å²) >= 11 is 0. The van der Waals surface area contributed by atoms with Crippen molar-refractivity contribution in [2.75, 3.05) is 0 Å². The van der Waals surface area contributed by atoms with Crippen LogP contribution in [0.15, 0.2) is 12.1 Å². The Kier molecular flexibility index (Phi) is 3.45. The van der Waals surface area contributed by atoms with Gasteiger partial charge in [0, 0.05) is 23.7 Å². The van der Waals surface area contributed by atoms with E-state index in [9.17, 15) is 8.78 Å². The number of halogens is 2. The first-order chi connectivity index (χ1) is 6.79. The van der Waals surface area contributed by atoms with Crippen molar-refractivity contribution in [3.63, 3.8) is 0 Å². The summed E-state index contributed by atoms with van der Waals surface area (Å²) in [7, 11) is 0. The molecule has 0 radical (unpaired) electrons. The van der Waals surface area contributed by atoms with Crippen LogP contribution in [0.5, 0.6) is 0 Å². The topological polar surface area (TPSA) is 12.0 Å². The molecule has 3 heteroatoms. The fourth-order valence-electron chi connectivity index (χ4n) is 1.21. The molecule has 0 heterocycles. The molecule has 0 spiro atoms. The molecule has 0 amide bonds. The normalized spacial score (nSPS) is 11.9. The van der Waals surface area contributed by atoms with Crippen molar-refractivity contribution in [3.8, 4) is 0 Å². The lowest BCUT2D eigenvalue weighted by molar-refractivity contribution is 0.417. The molecular formula is C12H17F2N. The molecule has 1 aromatic rings. The molecule has 1 N–H and O–H groups in total. The van der Waals surface area contributed by atoms with Gasteiger partial charge >= 0.3 is 0 Å². The first-order valence-electron chi connectivity index (χ1n) is 4.99. The maximum absolute atomic E-state index is 13.3. The van der Waals surface area contributed by atoms with Crippen LogP contribution in [0.2, 0.25) is 0 Å². The quantitative estimate of drug-likeness (QED) is 0.795. The maximum Gasteiger partial charge on any atom is 0.130 e. The third-order valence-electron chi connectivity index (χ3n) is 2.14. The Balaban J connectivity index is 2.82. The zero-order valence-electron chi connectivity index (χ0n) is 9.62. The van der Waals surface area contributed by atoms with Crippen molar-refractivity contribution in [2.24, 2.45) is 0 Å². The SMILES string of the molecule is Cc1cc(CNC(C)(C)C)c(F)cc1F. The number of nitrogens with one attached hydrogen (secondary N) is 1. The van der Waals surface area contributed by atoms with Gasteiger partial charge in [-0.1, -0.05) is 0 Å². The van der Waals surface area contributed by atoms with Crippen molar-refractivity contribution in [3.05, 3.63) is 34.9 Å². The van der Waals surface area contributed by atoms with Crippen molar-refractivity contribution >= 4 is 0 Å². The lowest BCUT2D eigenvalue weighted by Crippen LogP contribution is -2.35. The number of aryl methyl sites for hydroxylation is 1. The summed E-state index contributed by atoms with van der Waals surface area (Å²) in [6.07, 6.45) is 0. The molecule has 0 atom stereocenters. The first-order valence-corrected chi connectivity index (χ1v) is 4.99. The summed E-state index contributed by atoms with van der Waals surface area (Å²) in [4.78, 5) is 0. The van der Waals surface area contributed by atoms with Gasteiger partial charge < -0.3 is 5.32 Å². The zero-order valence-corrected chi connectivity index (χ0v) is 9.62. The molecular weight excluding hydrogens is 196 g/mol. The van der Waals surface area contributed by atoms with E-state index in [1.807, 2.05) is 20.8 Å². The second kappa shape index (κ2) is 4.27. The van der Waals surface area contributed by atoms with E-state index in [1.165, 1.54) is 0 Å². The van der Waals surface area contributed by atoms with Gasteiger partial charge in [-0.3, -0.25) is 0 Å². The highest BCUT2D eigenvalue weighted by Crippen LogP contribution is 2.14. The minimum Gasteiger partial charge on any atom is -0.308 e. The van der Waals surface area contributed by atoms with Gasteiger partial charge in [-0.2, -0.15) is 0 Å². The number of benzene rings is 1. The van der Waals surface area contributed by atoms with Gasteiger partial charge in [-0.05, 0) is 39.3 Å². The van der Waals surface area contributed by atoms with E-state index in [2.05, 4.69) is 5.32 Å². The fraction of sp³-hybridized carbons (Fsp3) is 0.500. The van der Waals surface area contributed by atoms with Crippen molar-refractivity contribution < 1.29 is 8.78 Å². The van der Waals surface area contributed by atoms with E-state index < -0.39 is 11.6 Å². The Labute approximate surface area is 89.5 Å². The van der Waals surface area contributed by atoms with Crippen LogP contribution in [0.3, 0.4) is 0 Å². The predicted octanol–water partition coefficient (Wildman–Crippen LogP) is 3.16. The summed E-state index contributed by atoms with van der Waals surface area (Å²) in [6.45, 7) is 8.05. The third kappa shape index (κ3) is 3.59. The summed E-state index contributed by atoms with van der Waals surface area (Å²) in [5.74, 6) is -0.984. The highest BCUT2D eigenvalue weighted by atomic mass is 19.1. The van der Waals surface area contributed by atoms with E-state index in [0.29, 0.717) is 17.7 Å². The minimum absolute atomic E-state index is 0.0747. The summed E-state index contributed by atoms with van der Waals surface area (Å²) in [5, 5.41) is 3.16. The van der Waals surface area contributed by atoms with Crippen LogP contribution in [0.4, 0.5) is 8.78 Å². The van der Waals surface area contributed by atoms with E-state index in [4.69, 9.17) is 0 Å². The molecule has 84 valence electrons. The van der Waals surface area contributed by atoms with Crippen LogP contribution in [0.1, 0.15) is 31.9 Å². The monoisotopic (exact) mass is 213 g/mol. The van der Waals surface area contributed by atoms with Crippen LogP contribution in [0.25, 0.3) is 0 Å². The largest absolute Gasteiger partial charge is 0.308 e. The summed E-state index contributed by atoms with van der Waals surface area (Å²) < 4.78 is 26.3. The van der Waals surface area contributed by atoms with Crippen LogP contribution < -0.4 is 5.32 Å². The Morgan fingerprint density at radius 2 is 1.73 bits per heavy atom. The van der Waals surface area contributed by atoms with E-state index in [0.717, 1.165) is 6.07 Å². The molecule has 0 bridgehead atoms. The van der Waals surface area contributed by atoms with Gasteiger partial charge in [0.15, 0.2) is 0 Å². The minimum atomic E-state index is -0.494.